The normalized spacial score (nSPS) is 27.0. The summed E-state index contributed by atoms with van der Waals surface area (Å²) in [6, 6.07) is 15.3. The Hall–Kier alpha value is -3.00. The molecule has 2 unspecified atom stereocenters. The van der Waals surface area contributed by atoms with Gasteiger partial charge in [0.25, 0.3) is 5.91 Å². The van der Waals surface area contributed by atoms with E-state index < -0.39 is 0 Å². The Labute approximate surface area is 241 Å². The first kappa shape index (κ1) is 26.2. The molecule has 2 aromatic carbocycles. The summed E-state index contributed by atoms with van der Waals surface area (Å²) in [7, 11) is 0. The molecule has 9 heteroatoms. The number of halogens is 2. The van der Waals surface area contributed by atoms with E-state index in [1.54, 1.807) is 60.7 Å². The van der Waals surface area contributed by atoms with E-state index in [0.717, 1.165) is 18.6 Å². The van der Waals surface area contributed by atoms with Gasteiger partial charge >= 0.3 is 0 Å². The maximum Gasteiger partial charge on any atom is 0.271 e. The van der Waals surface area contributed by atoms with Crippen LogP contribution in [0.1, 0.15) is 45.8 Å². The topological polar surface area (TPSA) is 78.4 Å². The predicted molar refractivity (Wildman–Crippen MR) is 159 cm³/mol. The van der Waals surface area contributed by atoms with Gasteiger partial charge in [-0.1, -0.05) is 50.0 Å². The molecule has 3 aliphatic rings. The number of carbonyl (C=O) groups excluding carboxylic acids is 1. The number of thioether (sulfide) groups is 1. The lowest BCUT2D eigenvalue weighted by molar-refractivity contribution is -0.113. The molecule has 2 atom stereocenters. The first-order valence-electron chi connectivity index (χ1n) is 12.8. The van der Waals surface area contributed by atoms with Crippen molar-refractivity contribution in [3.8, 4) is 17.1 Å². The van der Waals surface area contributed by atoms with E-state index in [-0.39, 0.29) is 22.5 Å². The average molecular weight is 581 g/mol. The highest BCUT2D eigenvalue weighted by atomic mass is 35.5. The number of hydrogen-bond donors (Lipinski definition) is 1. The van der Waals surface area contributed by atoms with E-state index in [1.165, 1.54) is 23.1 Å². The van der Waals surface area contributed by atoms with E-state index in [4.69, 9.17) is 32.7 Å². The molecule has 6 rings (SSSR count). The van der Waals surface area contributed by atoms with Crippen molar-refractivity contribution in [3.05, 3.63) is 75.3 Å². The number of phenols is 1. The summed E-state index contributed by atoms with van der Waals surface area (Å²) in [5, 5.41) is 20.6. The van der Waals surface area contributed by atoms with Crippen LogP contribution in [0.25, 0.3) is 17.4 Å². The zero-order valence-electron chi connectivity index (χ0n) is 21.7. The third kappa shape index (κ3) is 4.31. The number of hydrogen-bond acceptors (Lipinski definition) is 6. The molecule has 1 aromatic heterocycles. The summed E-state index contributed by atoms with van der Waals surface area (Å²) in [5.41, 5.74) is 2.46. The van der Waals surface area contributed by atoms with Crippen LogP contribution in [0.4, 0.5) is 5.69 Å². The van der Waals surface area contributed by atoms with Gasteiger partial charge in [0.05, 0.1) is 26.2 Å². The van der Waals surface area contributed by atoms with E-state index >= 15 is 0 Å². The molecular formula is C30H27Cl2N3O3S. The molecule has 0 spiro atoms. The van der Waals surface area contributed by atoms with Crippen LogP contribution in [-0.2, 0) is 4.79 Å². The van der Waals surface area contributed by atoms with Gasteiger partial charge in [-0.3, -0.25) is 9.69 Å². The molecule has 1 aliphatic heterocycles. The highest BCUT2D eigenvalue weighted by Crippen LogP contribution is 2.64. The number of fused-ring (bicyclic) bond motifs is 2. The maximum atomic E-state index is 13.6. The second-order valence-corrected chi connectivity index (χ2v) is 12.8. The quantitative estimate of drug-likeness (QED) is 0.248. The van der Waals surface area contributed by atoms with Gasteiger partial charge in [0.15, 0.2) is 0 Å². The van der Waals surface area contributed by atoms with Crippen molar-refractivity contribution in [1.82, 2.24) is 0 Å². The first-order chi connectivity index (χ1) is 18.6. The number of benzene rings is 2. The number of amides is 1. The summed E-state index contributed by atoms with van der Waals surface area (Å²) in [4.78, 5) is 15.6. The molecular weight excluding hydrogens is 553 g/mol. The third-order valence-corrected chi connectivity index (χ3v) is 10.4. The summed E-state index contributed by atoms with van der Waals surface area (Å²) < 4.78 is 6.01. The standard InChI is InChI=1S/C30H27Cl2N3O3S/c1-29(2)17-13-14-30(29,3)25(15-17)33-34-28-35(18-7-9-19(36)10-8-18)27(37)24(39-28)16-20-11-12-23(38-20)26-21(31)5-4-6-22(26)32/h4-12,16-17,36H,13-15H2,1-3H3/b24-16-,33-25+,34-28+. The van der Waals surface area contributed by atoms with Crippen LogP contribution in [0.5, 0.6) is 5.75 Å². The largest absolute Gasteiger partial charge is 0.508 e. The number of carbonyl (C=O) groups is 1. The van der Waals surface area contributed by atoms with Gasteiger partial charge < -0.3 is 9.52 Å². The summed E-state index contributed by atoms with van der Waals surface area (Å²) >= 11 is 13.9. The molecule has 3 aromatic rings. The van der Waals surface area contributed by atoms with Gasteiger partial charge in [-0.15, -0.1) is 5.10 Å². The Balaban J connectivity index is 1.36. The zero-order chi connectivity index (χ0) is 27.5. The Bertz CT molecular complexity index is 1550. The molecule has 1 saturated heterocycles. The Morgan fingerprint density at radius 2 is 1.77 bits per heavy atom. The number of phenolic OH excluding ortho intramolecular Hbond substituents is 1. The third-order valence-electron chi connectivity index (χ3n) is 8.79. The minimum Gasteiger partial charge on any atom is -0.508 e. The minimum atomic E-state index is -0.252. The molecule has 1 N–H and O–H groups in total. The van der Waals surface area contributed by atoms with Gasteiger partial charge in [-0.2, -0.15) is 5.10 Å². The second-order valence-electron chi connectivity index (χ2n) is 11.0. The molecule has 2 saturated carbocycles. The number of amidine groups is 1. The average Bonchev–Trinajstić information content (AvgIpc) is 3.58. The fraction of sp³-hybridized carbons (Fsp3) is 0.300. The molecule has 2 bridgehead atoms. The van der Waals surface area contributed by atoms with Crippen molar-refractivity contribution in [2.45, 2.75) is 40.0 Å². The van der Waals surface area contributed by atoms with Crippen LogP contribution in [0.15, 0.2) is 74.1 Å². The monoisotopic (exact) mass is 579 g/mol. The van der Waals surface area contributed by atoms with Gasteiger partial charge in [0.2, 0.25) is 5.17 Å². The zero-order valence-corrected chi connectivity index (χ0v) is 24.1. The van der Waals surface area contributed by atoms with Crippen molar-refractivity contribution in [3.63, 3.8) is 0 Å². The van der Waals surface area contributed by atoms with Gasteiger partial charge in [0.1, 0.15) is 17.3 Å². The summed E-state index contributed by atoms with van der Waals surface area (Å²) in [6.07, 6.45) is 4.93. The van der Waals surface area contributed by atoms with Crippen molar-refractivity contribution >= 4 is 63.5 Å². The lowest BCUT2D eigenvalue weighted by Crippen LogP contribution is -2.32. The van der Waals surface area contributed by atoms with Crippen molar-refractivity contribution in [2.75, 3.05) is 4.90 Å². The van der Waals surface area contributed by atoms with Crippen LogP contribution in [0, 0.1) is 16.7 Å². The lowest BCUT2D eigenvalue weighted by Gasteiger charge is -2.34. The lowest BCUT2D eigenvalue weighted by atomic mass is 9.70. The second kappa shape index (κ2) is 9.58. The van der Waals surface area contributed by atoms with Gasteiger partial charge in [0, 0.05) is 17.2 Å². The fourth-order valence-electron chi connectivity index (χ4n) is 5.98. The molecule has 0 radical (unpaired) electrons. The molecule has 2 aliphatic carbocycles. The minimum absolute atomic E-state index is 0.00159. The number of rotatable bonds is 4. The van der Waals surface area contributed by atoms with E-state index in [2.05, 4.69) is 25.9 Å². The van der Waals surface area contributed by atoms with Crippen LogP contribution >= 0.6 is 35.0 Å². The number of furan rings is 1. The highest BCUT2D eigenvalue weighted by Gasteiger charge is 2.60. The van der Waals surface area contributed by atoms with Crippen LogP contribution in [-0.4, -0.2) is 21.9 Å². The Morgan fingerprint density at radius 1 is 1.05 bits per heavy atom. The smallest absolute Gasteiger partial charge is 0.271 e. The number of nitrogens with zero attached hydrogens (tertiary/aromatic N) is 3. The van der Waals surface area contributed by atoms with Gasteiger partial charge in [-0.25, -0.2) is 0 Å². The van der Waals surface area contributed by atoms with Crippen LogP contribution < -0.4 is 4.90 Å². The first-order valence-corrected chi connectivity index (χ1v) is 14.4. The highest BCUT2D eigenvalue weighted by molar-refractivity contribution is 8.19. The fourth-order valence-corrected chi connectivity index (χ4v) is 7.48. The van der Waals surface area contributed by atoms with Gasteiger partial charge in [-0.05, 0) is 90.9 Å². The molecule has 200 valence electrons. The molecule has 1 amide bonds. The van der Waals surface area contributed by atoms with Crippen molar-refractivity contribution in [1.29, 1.82) is 0 Å². The molecule has 6 nitrogen and oxygen atoms in total. The number of aromatic hydroxyl groups is 1. The Kier molecular flexibility index (Phi) is 6.44. The summed E-state index contributed by atoms with van der Waals surface area (Å²) in [6.45, 7) is 6.94. The van der Waals surface area contributed by atoms with E-state index in [0.29, 0.717) is 48.8 Å². The summed E-state index contributed by atoms with van der Waals surface area (Å²) in [5.74, 6) is 1.46. The number of anilines is 1. The van der Waals surface area contributed by atoms with E-state index in [1.807, 2.05) is 0 Å². The maximum absolute atomic E-state index is 13.6. The Morgan fingerprint density at radius 3 is 2.41 bits per heavy atom. The van der Waals surface area contributed by atoms with Crippen molar-refractivity contribution in [2.24, 2.45) is 27.0 Å². The SMILES string of the molecule is CC12CCC(C/C1=N\N=C1\S/C(=C\c3ccc(-c4c(Cl)cccc4Cl)o3)C(=O)N1c1ccc(O)cc1)C2(C)C. The molecule has 2 heterocycles. The molecule has 3 fully saturated rings. The van der Waals surface area contributed by atoms with Crippen LogP contribution in [0.3, 0.4) is 0 Å². The van der Waals surface area contributed by atoms with Crippen LogP contribution in [0.2, 0.25) is 10.0 Å². The van der Waals surface area contributed by atoms with Crippen molar-refractivity contribution < 1.29 is 14.3 Å². The predicted octanol–water partition coefficient (Wildman–Crippen LogP) is 8.64. The molecule has 39 heavy (non-hydrogen) atoms. The van der Waals surface area contributed by atoms with E-state index in [9.17, 15) is 9.90 Å².